The van der Waals surface area contributed by atoms with Crippen molar-refractivity contribution in [2.45, 2.75) is 30.0 Å². The third-order valence-electron chi connectivity index (χ3n) is 7.02. The number of sulfone groups is 1. The van der Waals surface area contributed by atoms with Gasteiger partial charge in [-0.15, -0.1) is 0 Å². The Morgan fingerprint density at radius 3 is 2.59 bits per heavy atom. The number of aryl methyl sites for hydroxylation is 1. The zero-order chi connectivity index (χ0) is 26.3. The van der Waals surface area contributed by atoms with E-state index in [1.54, 1.807) is 42.5 Å². The first-order valence-corrected chi connectivity index (χ1v) is 13.9. The number of carbonyl (C=O) groups is 2. The lowest BCUT2D eigenvalue weighted by molar-refractivity contribution is -0.110. The molecule has 5 rings (SSSR count). The molecule has 37 heavy (non-hydrogen) atoms. The summed E-state index contributed by atoms with van der Waals surface area (Å²) in [7, 11) is 0.398. The standard InChI is InChI=1S/C28H30N4O4S/c1-18-13-24(28(34)32-12-11-20(16-32)31(2)3)26(29-18)15-23-22-14-21(9-10-25(22)30-27(23)33)37(35,36)17-19-7-5-4-6-8-19/h4-10,13-15,20,29H,11-12,16-17H2,1-3H3,(H,30,33)/t20-/m1/s1. The van der Waals surface area contributed by atoms with Crippen LogP contribution in [0.5, 0.6) is 0 Å². The number of carbonyl (C=O) groups excluding carboxylic acids is 2. The summed E-state index contributed by atoms with van der Waals surface area (Å²) < 4.78 is 26.3. The van der Waals surface area contributed by atoms with E-state index >= 15 is 0 Å². The van der Waals surface area contributed by atoms with E-state index in [9.17, 15) is 18.0 Å². The number of amides is 2. The summed E-state index contributed by atoms with van der Waals surface area (Å²) in [5.74, 6) is -0.559. The van der Waals surface area contributed by atoms with Crippen molar-refractivity contribution in [3.63, 3.8) is 0 Å². The van der Waals surface area contributed by atoms with Gasteiger partial charge in [-0.05, 0) is 63.3 Å². The second-order valence-corrected chi connectivity index (χ2v) is 11.9. The van der Waals surface area contributed by atoms with E-state index in [1.807, 2.05) is 32.0 Å². The second kappa shape index (κ2) is 9.64. The van der Waals surface area contributed by atoms with Gasteiger partial charge in [-0.1, -0.05) is 30.3 Å². The fraction of sp³-hybridized carbons (Fsp3) is 0.286. The van der Waals surface area contributed by atoms with Gasteiger partial charge >= 0.3 is 0 Å². The molecule has 0 radical (unpaired) electrons. The SMILES string of the molecule is Cc1cc(C(=O)N2CC[C@@H](N(C)C)C2)c(C=C2C(=O)Nc3ccc(S(=O)(=O)Cc4ccccc4)cc32)[nH]1. The van der Waals surface area contributed by atoms with Crippen molar-refractivity contribution >= 4 is 39.0 Å². The second-order valence-electron chi connectivity index (χ2n) is 9.90. The normalized spacial score (nSPS) is 18.5. The number of hydrogen-bond donors (Lipinski definition) is 2. The summed E-state index contributed by atoms with van der Waals surface area (Å²) in [5.41, 5.74) is 3.88. The summed E-state index contributed by atoms with van der Waals surface area (Å²) in [6, 6.07) is 15.8. The van der Waals surface area contributed by atoms with Crippen LogP contribution in [0.2, 0.25) is 0 Å². The maximum atomic E-state index is 13.4. The highest BCUT2D eigenvalue weighted by atomic mass is 32.2. The number of aromatic nitrogens is 1. The van der Waals surface area contributed by atoms with Crippen LogP contribution < -0.4 is 5.32 Å². The van der Waals surface area contributed by atoms with E-state index in [1.165, 1.54) is 12.1 Å². The van der Waals surface area contributed by atoms with Crippen LogP contribution in [0.1, 0.15) is 39.3 Å². The summed E-state index contributed by atoms with van der Waals surface area (Å²) in [4.78, 5) is 33.6. The molecule has 0 spiro atoms. The molecule has 2 amide bonds. The summed E-state index contributed by atoms with van der Waals surface area (Å²) >= 11 is 0. The van der Waals surface area contributed by atoms with E-state index in [2.05, 4.69) is 15.2 Å². The molecule has 2 aromatic carbocycles. The molecule has 8 nitrogen and oxygen atoms in total. The lowest BCUT2D eigenvalue weighted by Gasteiger charge is -2.20. The first-order chi connectivity index (χ1) is 17.6. The molecule has 1 atom stereocenters. The molecule has 192 valence electrons. The van der Waals surface area contributed by atoms with Gasteiger partial charge in [-0.3, -0.25) is 9.59 Å². The van der Waals surface area contributed by atoms with E-state index in [4.69, 9.17) is 0 Å². The number of benzene rings is 2. The van der Waals surface area contributed by atoms with Crippen molar-refractivity contribution in [1.29, 1.82) is 0 Å². The fourth-order valence-electron chi connectivity index (χ4n) is 4.94. The Hall–Kier alpha value is -3.69. The highest BCUT2D eigenvalue weighted by Crippen LogP contribution is 2.36. The number of nitrogens with one attached hydrogen (secondary N) is 2. The first kappa shape index (κ1) is 25.0. The van der Waals surface area contributed by atoms with E-state index < -0.39 is 9.84 Å². The van der Waals surface area contributed by atoms with Gasteiger partial charge in [-0.2, -0.15) is 0 Å². The lowest BCUT2D eigenvalue weighted by Crippen LogP contribution is -2.34. The average Bonchev–Trinajstić information content (AvgIpc) is 3.57. The number of H-pyrrole nitrogens is 1. The lowest BCUT2D eigenvalue weighted by atomic mass is 10.0. The minimum atomic E-state index is -3.63. The van der Waals surface area contributed by atoms with Gasteiger partial charge in [0.05, 0.1) is 27.5 Å². The Balaban J connectivity index is 1.48. The van der Waals surface area contributed by atoms with Crippen molar-refractivity contribution in [2.75, 3.05) is 32.5 Å². The van der Waals surface area contributed by atoms with Gasteiger partial charge in [0.25, 0.3) is 11.8 Å². The zero-order valence-corrected chi connectivity index (χ0v) is 21.9. The smallest absolute Gasteiger partial charge is 0.256 e. The molecule has 0 saturated carbocycles. The third-order valence-corrected chi connectivity index (χ3v) is 8.70. The van der Waals surface area contributed by atoms with Crippen molar-refractivity contribution in [2.24, 2.45) is 0 Å². The summed E-state index contributed by atoms with van der Waals surface area (Å²) in [5, 5.41) is 2.81. The molecule has 2 N–H and O–H groups in total. The molecule has 0 aliphatic carbocycles. The van der Waals surface area contributed by atoms with Crippen molar-refractivity contribution < 1.29 is 18.0 Å². The molecule has 2 aliphatic rings. The first-order valence-electron chi connectivity index (χ1n) is 12.2. The Labute approximate surface area is 216 Å². The Kier molecular flexibility index (Phi) is 6.51. The van der Waals surface area contributed by atoms with Gasteiger partial charge in [0.15, 0.2) is 9.84 Å². The van der Waals surface area contributed by atoms with E-state index in [-0.39, 0.29) is 22.5 Å². The van der Waals surface area contributed by atoms with Crippen LogP contribution in [0, 0.1) is 6.92 Å². The van der Waals surface area contributed by atoms with E-state index in [0.717, 1.165) is 12.1 Å². The minimum absolute atomic E-state index is 0.0848. The number of nitrogens with zero attached hydrogens (tertiary/aromatic N) is 2. The van der Waals surface area contributed by atoms with Gasteiger partial charge in [0.2, 0.25) is 0 Å². The fourth-order valence-corrected chi connectivity index (χ4v) is 6.31. The maximum Gasteiger partial charge on any atom is 0.256 e. The number of fused-ring (bicyclic) bond motifs is 1. The van der Waals surface area contributed by atoms with Gasteiger partial charge in [0.1, 0.15) is 0 Å². The Morgan fingerprint density at radius 2 is 1.89 bits per heavy atom. The monoisotopic (exact) mass is 518 g/mol. The quantitative estimate of drug-likeness (QED) is 0.486. The third kappa shape index (κ3) is 4.97. The number of aromatic amines is 1. The van der Waals surface area contributed by atoms with Crippen LogP contribution in [-0.4, -0.2) is 68.2 Å². The molecular formula is C28H30N4O4S. The Morgan fingerprint density at radius 1 is 1.14 bits per heavy atom. The topological polar surface area (TPSA) is 103 Å². The van der Waals surface area contributed by atoms with Gasteiger partial charge in [0, 0.05) is 36.1 Å². The van der Waals surface area contributed by atoms with Crippen molar-refractivity contribution in [3.8, 4) is 0 Å². The van der Waals surface area contributed by atoms with Gasteiger partial charge in [-0.25, -0.2) is 8.42 Å². The van der Waals surface area contributed by atoms with Crippen LogP contribution in [0.4, 0.5) is 5.69 Å². The molecule has 1 fully saturated rings. The highest BCUT2D eigenvalue weighted by molar-refractivity contribution is 7.90. The van der Waals surface area contributed by atoms with Gasteiger partial charge < -0.3 is 20.1 Å². The highest BCUT2D eigenvalue weighted by Gasteiger charge is 2.31. The summed E-state index contributed by atoms with van der Waals surface area (Å²) in [6.07, 6.45) is 2.56. The number of likely N-dealkylation sites (tertiary alicyclic amines) is 1. The van der Waals surface area contributed by atoms with Crippen LogP contribution in [0.15, 0.2) is 59.5 Å². The molecule has 0 bridgehead atoms. The molecule has 0 unspecified atom stereocenters. The summed E-state index contributed by atoms with van der Waals surface area (Å²) in [6.45, 7) is 3.19. The minimum Gasteiger partial charge on any atom is -0.358 e. The molecule has 9 heteroatoms. The molecule has 3 heterocycles. The number of likely N-dealkylation sites (N-methyl/N-ethyl adjacent to an activating group) is 1. The van der Waals surface area contributed by atoms with Crippen molar-refractivity contribution in [1.82, 2.24) is 14.8 Å². The van der Waals surface area contributed by atoms with Crippen LogP contribution in [0.25, 0.3) is 11.6 Å². The zero-order valence-electron chi connectivity index (χ0n) is 21.1. The van der Waals surface area contributed by atoms with Crippen LogP contribution >= 0.6 is 0 Å². The molecule has 1 saturated heterocycles. The predicted molar refractivity (Wildman–Crippen MR) is 144 cm³/mol. The number of anilines is 1. The molecule has 3 aromatic rings. The predicted octanol–water partition coefficient (Wildman–Crippen LogP) is 3.57. The largest absolute Gasteiger partial charge is 0.358 e. The van der Waals surface area contributed by atoms with Crippen LogP contribution in [0.3, 0.4) is 0 Å². The molecule has 1 aromatic heterocycles. The molecular weight excluding hydrogens is 488 g/mol. The number of rotatable bonds is 6. The average molecular weight is 519 g/mol. The molecule has 2 aliphatic heterocycles. The van der Waals surface area contributed by atoms with E-state index in [0.29, 0.717) is 52.8 Å². The van der Waals surface area contributed by atoms with Crippen LogP contribution in [-0.2, 0) is 20.4 Å². The maximum absolute atomic E-state index is 13.4. The Bertz CT molecular complexity index is 1510. The van der Waals surface area contributed by atoms with Crippen molar-refractivity contribution in [3.05, 3.63) is 82.7 Å². The number of hydrogen-bond acceptors (Lipinski definition) is 5.